The van der Waals surface area contributed by atoms with Crippen LogP contribution >= 0.6 is 11.3 Å². The Balaban J connectivity index is 1.44. The van der Waals surface area contributed by atoms with Crippen LogP contribution in [-0.4, -0.2) is 30.0 Å². The summed E-state index contributed by atoms with van der Waals surface area (Å²) in [5.74, 6) is -0.576. The van der Waals surface area contributed by atoms with Crippen LogP contribution < -0.4 is 5.32 Å². The minimum atomic E-state index is -3.49. The molecule has 2 aromatic carbocycles. The first-order valence-electron chi connectivity index (χ1n) is 9.33. The number of nitrogens with zero attached hydrogens (tertiary/aromatic N) is 2. The van der Waals surface area contributed by atoms with Crippen molar-refractivity contribution in [3.63, 3.8) is 0 Å². The first-order valence-corrected chi connectivity index (χ1v) is 11.8. The van der Waals surface area contributed by atoms with Crippen molar-refractivity contribution in [1.82, 2.24) is 9.97 Å². The Morgan fingerprint density at radius 3 is 2.60 bits per heavy atom. The number of hydrogen-bond donors (Lipinski definition) is 1. The molecule has 0 aliphatic rings. The van der Waals surface area contributed by atoms with Crippen molar-refractivity contribution in [3.05, 3.63) is 72.4 Å². The number of carbonyl (C=O) groups is 1. The second-order valence-corrected chi connectivity index (χ2v) is 9.89. The monoisotopic (exact) mass is 437 g/mol. The Morgan fingerprint density at radius 1 is 1.07 bits per heavy atom. The van der Waals surface area contributed by atoms with Gasteiger partial charge >= 0.3 is 0 Å². The molecule has 152 valence electrons. The summed E-state index contributed by atoms with van der Waals surface area (Å²) in [7, 11) is -3.49. The number of aromatic nitrogens is 2. The molecule has 0 aliphatic carbocycles. The third-order valence-corrected chi connectivity index (χ3v) is 7.37. The predicted molar refractivity (Wildman–Crippen MR) is 119 cm³/mol. The van der Waals surface area contributed by atoms with Gasteiger partial charge in [0.1, 0.15) is 15.4 Å². The number of fused-ring (bicyclic) bond motifs is 1. The van der Waals surface area contributed by atoms with E-state index >= 15 is 0 Å². The fourth-order valence-electron chi connectivity index (χ4n) is 3.02. The first-order chi connectivity index (χ1) is 14.4. The summed E-state index contributed by atoms with van der Waals surface area (Å²) in [5.41, 5.74) is 3.33. The third-order valence-electron chi connectivity index (χ3n) is 4.61. The number of anilines is 1. The highest BCUT2D eigenvalue weighted by Crippen LogP contribution is 2.31. The molecule has 0 saturated carbocycles. The summed E-state index contributed by atoms with van der Waals surface area (Å²) in [6.07, 6.45) is 1.63. The molecule has 0 bridgehead atoms. The minimum Gasteiger partial charge on any atom is -0.326 e. The van der Waals surface area contributed by atoms with Crippen molar-refractivity contribution in [1.29, 1.82) is 0 Å². The lowest BCUT2D eigenvalue weighted by Crippen LogP contribution is -2.18. The molecule has 4 aromatic rings. The first kappa shape index (κ1) is 20.2. The van der Waals surface area contributed by atoms with Gasteiger partial charge in [0.05, 0.1) is 10.6 Å². The molecule has 4 rings (SSSR count). The Kier molecular flexibility index (Phi) is 5.61. The molecule has 0 unspecified atom stereocenters. The Labute approximate surface area is 178 Å². The largest absolute Gasteiger partial charge is 0.326 e. The number of rotatable bonds is 6. The zero-order valence-electron chi connectivity index (χ0n) is 16.2. The Bertz CT molecular complexity index is 1280. The number of thiazole rings is 1. The normalized spacial score (nSPS) is 11.5. The van der Waals surface area contributed by atoms with Crippen molar-refractivity contribution in [2.24, 2.45) is 0 Å². The molecule has 1 amide bonds. The smallest absolute Gasteiger partial charge is 0.225 e. The predicted octanol–water partition coefficient (Wildman–Crippen LogP) is 4.47. The molecule has 0 spiro atoms. The molecule has 0 radical (unpaired) electrons. The van der Waals surface area contributed by atoms with E-state index in [1.54, 1.807) is 24.4 Å². The van der Waals surface area contributed by atoms with Crippen LogP contribution in [0.2, 0.25) is 0 Å². The van der Waals surface area contributed by atoms with E-state index in [9.17, 15) is 13.2 Å². The lowest BCUT2D eigenvalue weighted by Gasteiger charge is -2.10. The van der Waals surface area contributed by atoms with Crippen molar-refractivity contribution >= 4 is 43.1 Å². The maximum atomic E-state index is 12.3. The number of aryl methyl sites for hydroxylation is 1. The van der Waals surface area contributed by atoms with Gasteiger partial charge in [-0.15, -0.1) is 0 Å². The highest BCUT2D eigenvalue weighted by molar-refractivity contribution is 7.91. The van der Waals surface area contributed by atoms with E-state index in [1.165, 1.54) is 23.5 Å². The number of carbonyl (C=O) groups excluding carboxylic acids is 1. The summed E-state index contributed by atoms with van der Waals surface area (Å²) in [6, 6.07) is 17.6. The lowest BCUT2D eigenvalue weighted by atomic mass is 10.1. The van der Waals surface area contributed by atoms with Crippen LogP contribution in [0.5, 0.6) is 0 Å². The van der Waals surface area contributed by atoms with Gasteiger partial charge in [-0.05, 0) is 55.0 Å². The van der Waals surface area contributed by atoms with Crippen molar-refractivity contribution in [2.45, 2.75) is 18.2 Å². The zero-order chi connectivity index (χ0) is 21.1. The standard InChI is InChI=1S/C22H19N3O3S2/c1-15-14-16(21-25-19-8-5-12-23-22(19)29-21)9-10-18(15)24-20(26)11-13-30(27,28)17-6-3-2-4-7-17/h2-10,12,14H,11,13H2,1H3,(H,24,26). The van der Waals surface area contributed by atoms with Gasteiger partial charge < -0.3 is 5.32 Å². The molecule has 2 aromatic heterocycles. The molecule has 0 saturated heterocycles. The van der Waals surface area contributed by atoms with E-state index in [0.717, 1.165) is 26.5 Å². The fraction of sp³-hybridized carbons (Fsp3) is 0.136. The molecule has 8 heteroatoms. The third kappa shape index (κ3) is 4.39. The maximum absolute atomic E-state index is 12.3. The topological polar surface area (TPSA) is 89.0 Å². The number of pyridine rings is 1. The van der Waals surface area contributed by atoms with Crippen LogP contribution in [-0.2, 0) is 14.6 Å². The minimum absolute atomic E-state index is 0.109. The van der Waals surface area contributed by atoms with E-state index in [4.69, 9.17) is 0 Å². The highest BCUT2D eigenvalue weighted by Gasteiger charge is 2.17. The molecule has 30 heavy (non-hydrogen) atoms. The summed E-state index contributed by atoms with van der Waals surface area (Å²) in [6.45, 7) is 1.89. The number of benzene rings is 2. The van der Waals surface area contributed by atoms with Gasteiger partial charge in [-0.1, -0.05) is 29.5 Å². The second kappa shape index (κ2) is 8.33. The van der Waals surface area contributed by atoms with Gasteiger partial charge in [-0.25, -0.2) is 18.4 Å². The maximum Gasteiger partial charge on any atom is 0.225 e. The SMILES string of the molecule is Cc1cc(-c2nc3cccnc3s2)ccc1NC(=O)CCS(=O)(=O)c1ccccc1. The fourth-order valence-corrected chi connectivity index (χ4v) is 5.18. The summed E-state index contributed by atoms with van der Waals surface area (Å²) < 4.78 is 24.7. The molecular formula is C22H19N3O3S2. The number of amides is 1. The zero-order valence-corrected chi connectivity index (χ0v) is 17.8. The van der Waals surface area contributed by atoms with Gasteiger partial charge in [0.2, 0.25) is 5.91 Å². The van der Waals surface area contributed by atoms with E-state index in [-0.39, 0.29) is 23.0 Å². The van der Waals surface area contributed by atoms with Crippen LogP contribution in [0.1, 0.15) is 12.0 Å². The van der Waals surface area contributed by atoms with Crippen LogP contribution in [0.25, 0.3) is 20.9 Å². The van der Waals surface area contributed by atoms with Crippen molar-refractivity contribution in [3.8, 4) is 10.6 Å². The summed E-state index contributed by atoms with van der Waals surface area (Å²) in [5, 5.41) is 3.67. The van der Waals surface area contributed by atoms with Crippen LogP contribution in [0.3, 0.4) is 0 Å². The molecule has 0 atom stereocenters. The molecule has 0 fully saturated rings. The van der Waals surface area contributed by atoms with Gasteiger partial charge in [0.15, 0.2) is 9.84 Å². The Hall–Kier alpha value is -3.10. The highest BCUT2D eigenvalue weighted by atomic mass is 32.2. The molecule has 0 aliphatic heterocycles. The molecule has 2 heterocycles. The lowest BCUT2D eigenvalue weighted by molar-refractivity contribution is -0.115. The van der Waals surface area contributed by atoms with E-state index < -0.39 is 9.84 Å². The molecule has 6 nitrogen and oxygen atoms in total. The average molecular weight is 438 g/mol. The summed E-state index contributed by atoms with van der Waals surface area (Å²) in [4.78, 5) is 22.3. The Morgan fingerprint density at radius 2 is 1.87 bits per heavy atom. The van der Waals surface area contributed by atoms with Crippen molar-refractivity contribution in [2.75, 3.05) is 11.1 Å². The van der Waals surface area contributed by atoms with Gasteiger partial charge in [-0.3, -0.25) is 4.79 Å². The molecule has 1 N–H and O–H groups in total. The van der Waals surface area contributed by atoms with E-state index in [2.05, 4.69) is 15.3 Å². The quantitative estimate of drug-likeness (QED) is 0.481. The van der Waals surface area contributed by atoms with Gasteiger partial charge in [0.25, 0.3) is 0 Å². The van der Waals surface area contributed by atoms with Crippen LogP contribution in [0.4, 0.5) is 5.69 Å². The van der Waals surface area contributed by atoms with Gasteiger partial charge in [-0.2, -0.15) is 0 Å². The van der Waals surface area contributed by atoms with Crippen molar-refractivity contribution < 1.29 is 13.2 Å². The summed E-state index contributed by atoms with van der Waals surface area (Å²) >= 11 is 1.51. The van der Waals surface area contributed by atoms with E-state index in [1.807, 2.05) is 37.3 Å². The number of sulfone groups is 1. The second-order valence-electron chi connectivity index (χ2n) is 6.81. The van der Waals surface area contributed by atoms with E-state index in [0.29, 0.717) is 5.69 Å². The average Bonchev–Trinajstić information content (AvgIpc) is 3.19. The van der Waals surface area contributed by atoms with Gasteiger partial charge in [0, 0.05) is 23.9 Å². The van der Waals surface area contributed by atoms with Crippen LogP contribution in [0, 0.1) is 6.92 Å². The number of hydrogen-bond acceptors (Lipinski definition) is 6. The van der Waals surface area contributed by atoms with Crippen LogP contribution in [0.15, 0.2) is 71.8 Å². The number of nitrogens with one attached hydrogen (secondary N) is 1. The molecular weight excluding hydrogens is 418 g/mol.